The van der Waals surface area contributed by atoms with E-state index in [-0.39, 0.29) is 17.5 Å². The first-order chi connectivity index (χ1) is 13.0. The molecule has 0 saturated carbocycles. The highest BCUT2D eigenvalue weighted by molar-refractivity contribution is 5.97. The Hall–Kier alpha value is -2.81. The van der Waals surface area contributed by atoms with Crippen molar-refractivity contribution in [3.05, 3.63) is 47.2 Å². The van der Waals surface area contributed by atoms with Gasteiger partial charge in [-0.2, -0.15) is 5.26 Å². The van der Waals surface area contributed by atoms with E-state index in [9.17, 15) is 14.9 Å². The van der Waals surface area contributed by atoms with Crippen molar-refractivity contribution in [3.8, 4) is 6.07 Å². The van der Waals surface area contributed by atoms with E-state index in [1.54, 1.807) is 0 Å². The first kappa shape index (κ1) is 20.5. The molecule has 144 valence electrons. The Morgan fingerprint density at radius 3 is 2.70 bits per heavy atom. The Labute approximate surface area is 161 Å². The van der Waals surface area contributed by atoms with Gasteiger partial charge in [-0.05, 0) is 37.3 Å². The third-order valence-corrected chi connectivity index (χ3v) is 4.77. The van der Waals surface area contributed by atoms with Crippen LogP contribution in [0.3, 0.4) is 0 Å². The van der Waals surface area contributed by atoms with Gasteiger partial charge in [0.25, 0.3) is 5.91 Å². The second-order valence-corrected chi connectivity index (χ2v) is 6.75. The fourth-order valence-electron chi connectivity index (χ4n) is 3.04. The summed E-state index contributed by atoms with van der Waals surface area (Å²) in [5.74, 6) is -0.185. The third kappa shape index (κ3) is 6.14. The fraction of sp³-hybridized carbons (Fsp3) is 0.476. The molecule has 0 aliphatic carbocycles. The van der Waals surface area contributed by atoms with E-state index < -0.39 is 5.91 Å². The molecule has 0 spiro atoms. The molecular formula is C21H28N4O2. The van der Waals surface area contributed by atoms with Crippen molar-refractivity contribution in [2.24, 2.45) is 0 Å². The zero-order valence-corrected chi connectivity index (χ0v) is 16.1. The summed E-state index contributed by atoms with van der Waals surface area (Å²) in [4.78, 5) is 25.7. The van der Waals surface area contributed by atoms with Crippen LogP contribution in [-0.4, -0.2) is 36.3 Å². The molecule has 1 aliphatic rings. The minimum Gasteiger partial charge on any atom is -0.390 e. The van der Waals surface area contributed by atoms with E-state index in [1.807, 2.05) is 42.2 Å². The Bertz CT molecular complexity index is 719. The molecule has 1 unspecified atom stereocenters. The number of nitrogens with zero attached hydrogens (tertiary/aromatic N) is 2. The van der Waals surface area contributed by atoms with Gasteiger partial charge >= 0.3 is 0 Å². The second-order valence-electron chi connectivity index (χ2n) is 6.75. The summed E-state index contributed by atoms with van der Waals surface area (Å²) in [7, 11) is 0. The van der Waals surface area contributed by atoms with Gasteiger partial charge in [-0.1, -0.05) is 31.2 Å². The van der Waals surface area contributed by atoms with Crippen LogP contribution in [0.1, 0.15) is 50.3 Å². The number of rotatable bonds is 9. The van der Waals surface area contributed by atoms with Crippen LogP contribution in [-0.2, 0) is 16.0 Å². The largest absolute Gasteiger partial charge is 0.390 e. The maximum atomic E-state index is 12.3. The van der Waals surface area contributed by atoms with Crippen molar-refractivity contribution in [2.75, 3.05) is 19.6 Å². The van der Waals surface area contributed by atoms with E-state index in [1.165, 1.54) is 11.8 Å². The van der Waals surface area contributed by atoms with Crippen molar-refractivity contribution in [1.82, 2.24) is 15.5 Å². The summed E-state index contributed by atoms with van der Waals surface area (Å²) >= 11 is 0. The van der Waals surface area contributed by atoms with E-state index in [4.69, 9.17) is 0 Å². The van der Waals surface area contributed by atoms with E-state index in [0.29, 0.717) is 19.5 Å². The topological polar surface area (TPSA) is 85.2 Å². The first-order valence-corrected chi connectivity index (χ1v) is 9.56. The van der Waals surface area contributed by atoms with E-state index in [2.05, 4.69) is 17.6 Å². The quantitative estimate of drug-likeness (QED) is 0.398. The van der Waals surface area contributed by atoms with Crippen LogP contribution in [0, 0.1) is 11.3 Å². The molecule has 6 nitrogen and oxygen atoms in total. The Morgan fingerprint density at radius 2 is 2.11 bits per heavy atom. The van der Waals surface area contributed by atoms with E-state index in [0.717, 1.165) is 31.4 Å². The lowest BCUT2D eigenvalue weighted by atomic mass is 10.0. The molecule has 2 N–H and O–H groups in total. The predicted molar refractivity (Wildman–Crippen MR) is 105 cm³/mol. The number of benzene rings is 1. The van der Waals surface area contributed by atoms with Gasteiger partial charge in [-0.25, -0.2) is 0 Å². The molecule has 2 amide bonds. The Morgan fingerprint density at radius 1 is 1.37 bits per heavy atom. The summed E-state index contributed by atoms with van der Waals surface area (Å²) in [5.41, 5.74) is 2.29. The number of carbonyl (C=O) groups is 2. The average Bonchev–Trinajstić information content (AvgIpc) is 3.09. The number of carbonyl (C=O) groups excluding carboxylic acids is 2. The monoisotopic (exact) mass is 368 g/mol. The standard InChI is InChI=1S/C21H28N4O2/c1-3-17-7-9-18(10-8-17)16(2)24-21(27)19(14-22)15-23-11-5-13-25-12-4-6-20(25)26/h7-10,15-16,23H,3-6,11-13H2,1-2H3,(H,24,27)/b19-15-. The lowest BCUT2D eigenvalue weighted by Gasteiger charge is -2.15. The van der Waals surface area contributed by atoms with Crippen molar-refractivity contribution in [3.63, 3.8) is 0 Å². The van der Waals surface area contributed by atoms with Gasteiger partial charge in [0.05, 0.1) is 6.04 Å². The number of nitriles is 1. The molecule has 6 heteroatoms. The number of hydrogen-bond acceptors (Lipinski definition) is 4. The normalized spacial score (nSPS) is 15.4. The first-order valence-electron chi connectivity index (χ1n) is 9.56. The van der Waals surface area contributed by atoms with Gasteiger partial charge in [0.15, 0.2) is 0 Å². The fourth-order valence-corrected chi connectivity index (χ4v) is 3.04. The highest BCUT2D eigenvalue weighted by atomic mass is 16.2. The molecule has 1 saturated heterocycles. The van der Waals surface area contributed by atoms with Crippen LogP contribution in [0.5, 0.6) is 0 Å². The van der Waals surface area contributed by atoms with E-state index >= 15 is 0 Å². The van der Waals surface area contributed by atoms with Crippen LogP contribution in [0.15, 0.2) is 36.0 Å². The number of hydrogen-bond donors (Lipinski definition) is 2. The number of nitrogens with one attached hydrogen (secondary N) is 2. The summed E-state index contributed by atoms with van der Waals surface area (Å²) < 4.78 is 0. The zero-order valence-electron chi connectivity index (χ0n) is 16.1. The minimum absolute atomic E-state index is 0.0456. The number of aryl methyl sites for hydroxylation is 1. The van der Waals surface area contributed by atoms with Gasteiger partial charge in [-0.15, -0.1) is 0 Å². The van der Waals surface area contributed by atoms with Crippen molar-refractivity contribution >= 4 is 11.8 Å². The maximum Gasteiger partial charge on any atom is 0.263 e. The summed E-state index contributed by atoms with van der Waals surface area (Å²) in [6, 6.07) is 9.85. The van der Waals surface area contributed by atoms with Crippen LogP contribution < -0.4 is 10.6 Å². The molecule has 0 bridgehead atoms. The van der Waals surface area contributed by atoms with Gasteiger partial charge in [0.2, 0.25) is 5.91 Å². The minimum atomic E-state index is -0.396. The Balaban J connectivity index is 1.78. The summed E-state index contributed by atoms with van der Waals surface area (Å²) in [6.45, 7) is 6.14. The van der Waals surface area contributed by atoms with Gasteiger partial charge < -0.3 is 15.5 Å². The number of likely N-dealkylation sites (tertiary alicyclic amines) is 1. The lowest BCUT2D eigenvalue weighted by Crippen LogP contribution is -2.29. The molecular weight excluding hydrogens is 340 g/mol. The number of amides is 2. The molecule has 1 aromatic carbocycles. The Kier molecular flexibility index (Phi) is 7.87. The molecule has 0 radical (unpaired) electrons. The van der Waals surface area contributed by atoms with Crippen LogP contribution in [0.4, 0.5) is 0 Å². The molecule has 1 fully saturated rings. The average molecular weight is 368 g/mol. The highest BCUT2D eigenvalue weighted by Gasteiger charge is 2.19. The van der Waals surface area contributed by atoms with Crippen molar-refractivity contribution in [2.45, 2.75) is 45.6 Å². The molecule has 1 aromatic rings. The summed E-state index contributed by atoms with van der Waals surface area (Å²) in [5, 5.41) is 15.1. The van der Waals surface area contributed by atoms with Crippen LogP contribution in [0.2, 0.25) is 0 Å². The third-order valence-electron chi connectivity index (χ3n) is 4.77. The molecule has 1 atom stereocenters. The van der Waals surface area contributed by atoms with Crippen LogP contribution in [0.25, 0.3) is 0 Å². The predicted octanol–water partition coefficient (Wildman–Crippen LogP) is 2.44. The molecule has 1 aliphatic heterocycles. The molecule has 0 aromatic heterocycles. The molecule has 2 rings (SSSR count). The van der Waals surface area contributed by atoms with Gasteiger partial charge in [0.1, 0.15) is 11.6 Å². The SMILES string of the molecule is CCc1ccc(C(C)NC(=O)/C(C#N)=C\NCCCN2CCCC2=O)cc1. The molecule has 27 heavy (non-hydrogen) atoms. The van der Waals surface area contributed by atoms with Gasteiger partial charge in [-0.3, -0.25) is 9.59 Å². The zero-order chi connectivity index (χ0) is 19.6. The van der Waals surface area contributed by atoms with Crippen molar-refractivity contribution < 1.29 is 9.59 Å². The highest BCUT2D eigenvalue weighted by Crippen LogP contribution is 2.14. The van der Waals surface area contributed by atoms with Gasteiger partial charge in [0, 0.05) is 32.3 Å². The summed E-state index contributed by atoms with van der Waals surface area (Å²) in [6.07, 6.45) is 4.78. The van der Waals surface area contributed by atoms with Crippen molar-refractivity contribution in [1.29, 1.82) is 5.26 Å². The maximum absolute atomic E-state index is 12.3. The smallest absolute Gasteiger partial charge is 0.263 e. The molecule has 1 heterocycles. The second kappa shape index (κ2) is 10.4. The van der Waals surface area contributed by atoms with Crippen LogP contribution >= 0.6 is 0 Å². The lowest BCUT2D eigenvalue weighted by molar-refractivity contribution is -0.127.